The van der Waals surface area contributed by atoms with Gasteiger partial charge in [-0.2, -0.15) is 0 Å². The molecule has 1 unspecified atom stereocenters. The van der Waals surface area contributed by atoms with Gasteiger partial charge < -0.3 is 5.32 Å². The first kappa shape index (κ1) is 20.8. The Labute approximate surface area is 184 Å². The van der Waals surface area contributed by atoms with Crippen molar-refractivity contribution in [1.29, 1.82) is 0 Å². The number of thiophene rings is 1. The molecule has 5 nitrogen and oxygen atoms in total. The van der Waals surface area contributed by atoms with Crippen molar-refractivity contribution in [1.82, 2.24) is 4.98 Å². The van der Waals surface area contributed by atoms with Gasteiger partial charge in [0.25, 0.3) is 0 Å². The summed E-state index contributed by atoms with van der Waals surface area (Å²) in [5, 5.41) is 7.61. The molecule has 2 aromatic heterocycles. The van der Waals surface area contributed by atoms with Crippen LogP contribution in [-0.4, -0.2) is 22.8 Å². The number of benzene rings is 1. The summed E-state index contributed by atoms with van der Waals surface area (Å²) in [7, 11) is 0. The molecule has 1 N–H and O–H groups in total. The van der Waals surface area contributed by atoms with Crippen molar-refractivity contribution in [3.8, 4) is 0 Å². The Bertz CT molecular complexity index is 963. The predicted molar refractivity (Wildman–Crippen MR) is 123 cm³/mol. The second-order valence-corrected chi connectivity index (χ2v) is 9.51. The molecule has 0 aliphatic heterocycles. The highest BCUT2D eigenvalue weighted by Gasteiger charge is 2.32. The number of rotatable bonds is 7. The monoisotopic (exact) mass is 439 g/mol. The van der Waals surface area contributed by atoms with E-state index in [1.165, 1.54) is 11.3 Å². The van der Waals surface area contributed by atoms with E-state index in [0.29, 0.717) is 6.42 Å². The van der Waals surface area contributed by atoms with Crippen molar-refractivity contribution in [2.75, 3.05) is 10.2 Å². The van der Waals surface area contributed by atoms with Gasteiger partial charge in [-0.3, -0.25) is 14.5 Å². The molecule has 2 heterocycles. The van der Waals surface area contributed by atoms with Crippen molar-refractivity contribution in [2.24, 2.45) is 0 Å². The van der Waals surface area contributed by atoms with Crippen molar-refractivity contribution in [2.45, 2.75) is 51.0 Å². The molecule has 1 aromatic carbocycles. The number of aromatic nitrogens is 1. The smallest absolute Gasteiger partial charge is 0.236 e. The van der Waals surface area contributed by atoms with Gasteiger partial charge in [0.05, 0.1) is 12.3 Å². The second kappa shape index (κ2) is 9.53. The Balaban J connectivity index is 1.43. The van der Waals surface area contributed by atoms with Gasteiger partial charge >= 0.3 is 0 Å². The van der Waals surface area contributed by atoms with Gasteiger partial charge in [-0.05, 0) is 48.9 Å². The standard InChI is InChI=1S/C23H25N3O2S2/c1-16(22(28)26(19-5-2-3-6-19)23-24-12-14-30-23)17-8-10-18(11-9-17)25-21(27)15-20-7-4-13-29-20/h4,7-14,16,19H,2-3,5-6,15H2,1H3,(H,25,27). The molecule has 0 saturated heterocycles. The molecule has 156 valence electrons. The average molecular weight is 440 g/mol. The highest BCUT2D eigenvalue weighted by molar-refractivity contribution is 7.13. The fraction of sp³-hybridized carbons (Fsp3) is 0.348. The van der Waals surface area contributed by atoms with Crippen LogP contribution < -0.4 is 10.2 Å². The number of amides is 2. The van der Waals surface area contributed by atoms with E-state index in [0.717, 1.165) is 46.9 Å². The zero-order chi connectivity index (χ0) is 20.9. The lowest BCUT2D eigenvalue weighted by Gasteiger charge is -2.29. The molecule has 1 saturated carbocycles. The van der Waals surface area contributed by atoms with E-state index < -0.39 is 0 Å². The summed E-state index contributed by atoms with van der Waals surface area (Å²) in [6.07, 6.45) is 6.52. The molecule has 2 amide bonds. The van der Waals surface area contributed by atoms with E-state index in [2.05, 4.69) is 10.3 Å². The first-order valence-electron chi connectivity index (χ1n) is 10.3. The summed E-state index contributed by atoms with van der Waals surface area (Å²) >= 11 is 3.09. The molecule has 30 heavy (non-hydrogen) atoms. The average Bonchev–Trinajstić information content (AvgIpc) is 3.52. The molecule has 3 aromatic rings. The fourth-order valence-corrected chi connectivity index (χ4v) is 5.33. The number of thiazole rings is 1. The highest BCUT2D eigenvalue weighted by atomic mass is 32.1. The van der Waals surface area contributed by atoms with E-state index >= 15 is 0 Å². The Hall–Kier alpha value is -2.51. The minimum Gasteiger partial charge on any atom is -0.326 e. The molecule has 4 rings (SSSR count). The topological polar surface area (TPSA) is 62.3 Å². The molecular formula is C23H25N3O2S2. The van der Waals surface area contributed by atoms with Gasteiger partial charge in [-0.1, -0.05) is 31.0 Å². The van der Waals surface area contributed by atoms with Crippen LogP contribution in [0.4, 0.5) is 10.8 Å². The first-order valence-corrected chi connectivity index (χ1v) is 12.0. The molecule has 0 bridgehead atoms. The molecule has 7 heteroatoms. The lowest BCUT2D eigenvalue weighted by Crippen LogP contribution is -2.41. The summed E-state index contributed by atoms with van der Waals surface area (Å²) < 4.78 is 0. The summed E-state index contributed by atoms with van der Waals surface area (Å²) in [5.74, 6) is -0.220. The van der Waals surface area contributed by atoms with E-state index in [9.17, 15) is 9.59 Å². The quantitative estimate of drug-likeness (QED) is 0.531. The predicted octanol–water partition coefficient (Wildman–Crippen LogP) is 5.47. The summed E-state index contributed by atoms with van der Waals surface area (Å²) in [6.45, 7) is 1.95. The molecule has 1 aliphatic rings. The van der Waals surface area contributed by atoms with E-state index in [1.54, 1.807) is 17.5 Å². The van der Waals surface area contributed by atoms with Crippen molar-refractivity contribution in [3.05, 3.63) is 63.8 Å². The van der Waals surface area contributed by atoms with Crippen LogP contribution in [0.2, 0.25) is 0 Å². The third kappa shape index (κ3) is 4.79. The maximum atomic E-state index is 13.4. The molecular weight excluding hydrogens is 414 g/mol. The van der Waals surface area contributed by atoms with Gasteiger partial charge in [-0.25, -0.2) is 4.98 Å². The number of nitrogens with zero attached hydrogens (tertiary/aromatic N) is 2. The maximum absolute atomic E-state index is 13.4. The molecule has 0 spiro atoms. The highest BCUT2D eigenvalue weighted by Crippen LogP contribution is 2.33. The third-order valence-electron chi connectivity index (χ3n) is 5.53. The van der Waals surface area contributed by atoms with E-state index in [1.807, 2.05) is 59.0 Å². The van der Waals surface area contributed by atoms with E-state index in [4.69, 9.17) is 0 Å². The molecule has 0 radical (unpaired) electrons. The van der Waals surface area contributed by atoms with Crippen molar-refractivity contribution in [3.63, 3.8) is 0 Å². The van der Waals surface area contributed by atoms with Gasteiger partial charge in [0.15, 0.2) is 5.13 Å². The lowest BCUT2D eigenvalue weighted by atomic mass is 9.98. The number of carbonyl (C=O) groups excluding carboxylic acids is 2. The van der Waals surface area contributed by atoms with E-state index in [-0.39, 0.29) is 23.8 Å². The summed E-state index contributed by atoms with van der Waals surface area (Å²) in [6, 6.07) is 11.7. The van der Waals surface area contributed by atoms with Gasteiger partial charge in [-0.15, -0.1) is 22.7 Å². The molecule has 1 aliphatic carbocycles. The van der Waals surface area contributed by atoms with Crippen LogP contribution in [-0.2, 0) is 16.0 Å². The van der Waals surface area contributed by atoms with Crippen LogP contribution >= 0.6 is 22.7 Å². The maximum Gasteiger partial charge on any atom is 0.236 e. The van der Waals surface area contributed by atoms with Crippen LogP contribution in [0, 0.1) is 0 Å². The normalized spacial score (nSPS) is 15.1. The van der Waals surface area contributed by atoms with Crippen molar-refractivity contribution >= 4 is 45.3 Å². The number of hydrogen-bond acceptors (Lipinski definition) is 5. The zero-order valence-electron chi connectivity index (χ0n) is 16.9. The van der Waals surface area contributed by atoms with Crippen LogP contribution in [0.25, 0.3) is 0 Å². The van der Waals surface area contributed by atoms with Gasteiger partial charge in [0, 0.05) is 28.2 Å². The molecule has 1 atom stereocenters. The SMILES string of the molecule is CC(C(=O)N(c1nccs1)C1CCCC1)c1ccc(NC(=O)Cc2cccs2)cc1. The third-order valence-corrected chi connectivity index (χ3v) is 7.18. The van der Waals surface area contributed by atoms with Gasteiger partial charge in [0.1, 0.15) is 0 Å². The van der Waals surface area contributed by atoms with Gasteiger partial charge in [0.2, 0.25) is 11.8 Å². The van der Waals surface area contributed by atoms with Crippen LogP contribution in [0.1, 0.15) is 49.0 Å². The Kier molecular flexibility index (Phi) is 6.59. The molecule has 1 fully saturated rings. The van der Waals surface area contributed by atoms with Crippen LogP contribution in [0.15, 0.2) is 53.4 Å². The number of hydrogen-bond donors (Lipinski definition) is 1. The summed E-state index contributed by atoms with van der Waals surface area (Å²) in [5.41, 5.74) is 1.68. The Morgan fingerprint density at radius 2 is 1.90 bits per heavy atom. The summed E-state index contributed by atoms with van der Waals surface area (Å²) in [4.78, 5) is 33.0. The van der Waals surface area contributed by atoms with Crippen molar-refractivity contribution < 1.29 is 9.59 Å². The number of anilines is 2. The largest absolute Gasteiger partial charge is 0.326 e. The van der Waals surface area contributed by atoms with Crippen LogP contribution in [0.3, 0.4) is 0 Å². The zero-order valence-corrected chi connectivity index (χ0v) is 18.5. The second-order valence-electron chi connectivity index (χ2n) is 7.61. The minimum absolute atomic E-state index is 0.0366. The minimum atomic E-state index is -0.273. The fourth-order valence-electron chi connectivity index (χ4n) is 3.91. The number of carbonyl (C=O) groups is 2. The number of nitrogens with one attached hydrogen (secondary N) is 1. The Morgan fingerprint density at radius 3 is 2.53 bits per heavy atom. The first-order chi connectivity index (χ1) is 14.6. The Morgan fingerprint density at radius 1 is 1.13 bits per heavy atom. The lowest BCUT2D eigenvalue weighted by molar-refractivity contribution is -0.120. The van der Waals surface area contributed by atoms with Crippen LogP contribution in [0.5, 0.6) is 0 Å².